The first-order valence-electron chi connectivity index (χ1n) is 7.33. The summed E-state index contributed by atoms with van der Waals surface area (Å²) >= 11 is 6.34. The molecule has 0 amide bonds. The number of aliphatic hydroxyl groups is 1. The highest BCUT2D eigenvalue weighted by atomic mass is 35.5. The molecule has 0 spiro atoms. The molecule has 1 N–H and O–H groups in total. The third-order valence-corrected chi connectivity index (χ3v) is 4.68. The normalized spacial score (nSPS) is 13.4. The summed E-state index contributed by atoms with van der Waals surface area (Å²) in [6.45, 7) is 8.79. The lowest BCUT2D eigenvalue weighted by atomic mass is 9.78. The van der Waals surface area contributed by atoms with E-state index in [2.05, 4.69) is 18.9 Å². The van der Waals surface area contributed by atoms with Crippen molar-refractivity contribution in [3.8, 4) is 0 Å². The fourth-order valence-corrected chi connectivity index (χ4v) is 2.77. The van der Waals surface area contributed by atoms with Gasteiger partial charge in [-0.1, -0.05) is 55.8 Å². The molecule has 2 aromatic rings. The van der Waals surface area contributed by atoms with Crippen LogP contribution in [0.15, 0.2) is 30.3 Å². The van der Waals surface area contributed by atoms with Gasteiger partial charge >= 0.3 is 0 Å². The molecular formula is C17H23ClN2O. The molecule has 3 nitrogen and oxygen atoms in total. The van der Waals surface area contributed by atoms with Crippen LogP contribution in [0.1, 0.15) is 37.7 Å². The molecule has 1 unspecified atom stereocenters. The molecule has 0 saturated heterocycles. The summed E-state index contributed by atoms with van der Waals surface area (Å²) in [6.07, 6.45) is -0.0334. The number of aliphatic hydroxyl groups excluding tert-OH is 1. The zero-order valence-electron chi connectivity index (χ0n) is 13.1. The number of rotatable bonds is 5. The molecule has 0 saturated carbocycles. The molecule has 1 heterocycles. The fraction of sp³-hybridized carbons (Fsp3) is 0.471. The first-order chi connectivity index (χ1) is 9.87. The van der Waals surface area contributed by atoms with E-state index in [0.29, 0.717) is 11.4 Å². The van der Waals surface area contributed by atoms with Gasteiger partial charge in [0.2, 0.25) is 0 Å². The zero-order valence-corrected chi connectivity index (χ0v) is 13.9. The van der Waals surface area contributed by atoms with Crippen molar-refractivity contribution in [1.29, 1.82) is 0 Å². The molecule has 0 aliphatic rings. The van der Waals surface area contributed by atoms with E-state index in [-0.39, 0.29) is 5.41 Å². The van der Waals surface area contributed by atoms with Crippen LogP contribution in [0, 0.1) is 6.92 Å². The summed E-state index contributed by atoms with van der Waals surface area (Å²) in [5.41, 5.74) is 2.50. The number of hydrogen-bond acceptors (Lipinski definition) is 2. The van der Waals surface area contributed by atoms with Crippen LogP contribution in [-0.4, -0.2) is 21.0 Å². The van der Waals surface area contributed by atoms with Crippen LogP contribution in [-0.2, 0) is 18.4 Å². The van der Waals surface area contributed by atoms with Crippen molar-refractivity contribution in [2.75, 3.05) is 0 Å². The summed E-state index contributed by atoms with van der Waals surface area (Å²) < 4.78 is 1.88. The number of nitrogens with zero attached hydrogens (tertiary/aromatic N) is 2. The van der Waals surface area contributed by atoms with Crippen LogP contribution in [0.3, 0.4) is 0 Å². The average molecular weight is 307 g/mol. The molecule has 21 heavy (non-hydrogen) atoms. The lowest BCUT2D eigenvalue weighted by Gasteiger charge is -2.31. The molecule has 1 atom stereocenters. The Morgan fingerprint density at radius 3 is 2.48 bits per heavy atom. The van der Waals surface area contributed by atoms with E-state index in [0.717, 1.165) is 23.5 Å². The van der Waals surface area contributed by atoms with Crippen LogP contribution in [0.25, 0.3) is 0 Å². The largest absolute Gasteiger partial charge is 0.392 e. The van der Waals surface area contributed by atoms with E-state index in [1.807, 2.05) is 48.9 Å². The van der Waals surface area contributed by atoms with Gasteiger partial charge in [-0.3, -0.25) is 4.68 Å². The number of halogens is 1. The fourth-order valence-electron chi connectivity index (χ4n) is 2.56. The van der Waals surface area contributed by atoms with E-state index < -0.39 is 6.10 Å². The highest BCUT2D eigenvalue weighted by molar-refractivity contribution is 6.31. The van der Waals surface area contributed by atoms with Crippen molar-refractivity contribution in [1.82, 2.24) is 9.78 Å². The quantitative estimate of drug-likeness (QED) is 0.913. The van der Waals surface area contributed by atoms with Gasteiger partial charge in [0, 0.05) is 18.4 Å². The second kappa shape index (κ2) is 6.20. The van der Waals surface area contributed by atoms with Gasteiger partial charge in [0.15, 0.2) is 0 Å². The van der Waals surface area contributed by atoms with E-state index in [9.17, 15) is 5.11 Å². The Balaban J connectivity index is 2.27. The van der Waals surface area contributed by atoms with Crippen molar-refractivity contribution < 1.29 is 5.11 Å². The topological polar surface area (TPSA) is 38.0 Å². The highest BCUT2D eigenvalue weighted by Gasteiger charge is 2.31. The average Bonchev–Trinajstić information content (AvgIpc) is 2.75. The van der Waals surface area contributed by atoms with Gasteiger partial charge in [0.05, 0.1) is 22.5 Å². The maximum Gasteiger partial charge on any atom is 0.0848 e. The number of hydrogen-bond donors (Lipinski definition) is 1. The second-order valence-corrected chi connectivity index (χ2v) is 6.35. The van der Waals surface area contributed by atoms with E-state index in [4.69, 9.17) is 11.6 Å². The van der Waals surface area contributed by atoms with Crippen LogP contribution in [0.2, 0.25) is 5.02 Å². The van der Waals surface area contributed by atoms with E-state index in [1.54, 1.807) is 0 Å². The molecule has 0 bridgehead atoms. The molecular weight excluding hydrogens is 284 g/mol. The minimum absolute atomic E-state index is 0.346. The van der Waals surface area contributed by atoms with Crippen LogP contribution in [0.4, 0.5) is 0 Å². The van der Waals surface area contributed by atoms with Crippen molar-refractivity contribution in [3.05, 3.63) is 52.3 Å². The first-order valence-corrected chi connectivity index (χ1v) is 7.71. The lowest BCUT2D eigenvalue weighted by molar-refractivity contribution is 0.0979. The molecule has 1 aromatic carbocycles. The molecule has 1 aromatic heterocycles. The first kappa shape index (κ1) is 16.1. The van der Waals surface area contributed by atoms with Gasteiger partial charge in [-0.15, -0.1) is 0 Å². The third kappa shape index (κ3) is 3.14. The molecule has 2 rings (SSSR count). The van der Waals surface area contributed by atoms with Crippen molar-refractivity contribution in [2.24, 2.45) is 0 Å². The van der Waals surface area contributed by atoms with E-state index in [1.165, 1.54) is 0 Å². The summed E-state index contributed by atoms with van der Waals surface area (Å²) in [7, 11) is 0. The lowest BCUT2D eigenvalue weighted by Crippen LogP contribution is -2.36. The standard InChI is InChI=1S/C17H23ClN2O/c1-5-20-14(16(18)12(2)19-20)11-15(21)17(3,4)13-9-7-6-8-10-13/h6-10,15,21H,5,11H2,1-4H3. The van der Waals surface area contributed by atoms with Gasteiger partial charge in [-0.05, 0) is 19.4 Å². The SMILES string of the molecule is CCn1nc(C)c(Cl)c1CC(O)C(C)(C)c1ccccc1. The number of aromatic nitrogens is 2. The molecule has 114 valence electrons. The van der Waals surface area contributed by atoms with Gasteiger partial charge in [-0.25, -0.2) is 0 Å². The van der Waals surface area contributed by atoms with Crippen molar-refractivity contribution in [3.63, 3.8) is 0 Å². The Kier molecular flexibility index (Phi) is 4.74. The smallest absolute Gasteiger partial charge is 0.0848 e. The Morgan fingerprint density at radius 1 is 1.29 bits per heavy atom. The molecule has 0 radical (unpaired) electrons. The molecule has 0 fully saturated rings. The van der Waals surface area contributed by atoms with Crippen LogP contribution < -0.4 is 0 Å². The number of aryl methyl sites for hydroxylation is 2. The highest BCUT2D eigenvalue weighted by Crippen LogP contribution is 2.31. The van der Waals surface area contributed by atoms with Crippen LogP contribution >= 0.6 is 11.6 Å². The maximum atomic E-state index is 10.7. The van der Waals surface area contributed by atoms with Crippen molar-refractivity contribution in [2.45, 2.75) is 52.2 Å². The predicted octanol–water partition coefficient (Wildman–Crippen LogP) is 3.75. The maximum absolute atomic E-state index is 10.7. The number of benzene rings is 1. The minimum Gasteiger partial charge on any atom is -0.392 e. The third-order valence-electron chi connectivity index (χ3n) is 4.19. The Morgan fingerprint density at radius 2 is 1.90 bits per heavy atom. The van der Waals surface area contributed by atoms with Crippen molar-refractivity contribution >= 4 is 11.6 Å². The van der Waals surface area contributed by atoms with E-state index >= 15 is 0 Å². The Labute approximate surface area is 131 Å². The second-order valence-electron chi connectivity index (χ2n) is 5.97. The summed E-state index contributed by atoms with van der Waals surface area (Å²) in [5.74, 6) is 0. The van der Waals surface area contributed by atoms with Crippen LogP contribution in [0.5, 0.6) is 0 Å². The summed E-state index contributed by atoms with van der Waals surface area (Å²) in [5, 5.41) is 15.8. The molecule has 0 aliphatic heterocycles. The minimum atomic E-state index is -0.529. The monoisotopic (exact) mass is 306 g/mol. The summed E-state index contributed by atoms with van der Waals surface area (Å²) in [4.78, 5) is 0. The zero-order chi connectivity index (χ0) is 15.6. The van der Waals surface area contributed by atoms with Gasteiger partial charge in [0.1, 0.15) is 0 Å². The van der Waals surface area contributed by atoms with Gasteiger partial charge in [-0.2, -0.15) is 5.10 Å². The Hall–Kier alpha value is -1.32. The van der Waals surface area contributed by atoms with Gasteiger partial charge in [0.25, 0.3) is 0 Å². The summed E-state index contributed by atoms with van der Waals surface area (Å²) in [6, 6.07) is 10.1. The molecule has 4 heteroatoms. The molecule has 0 aliphatic carbocycles. The van der Waals surface area contributed by atoms with Gasteiger partial charge < -0.3 is 5.11 Å². The predicted molar refractivity (Wildman–Crippen MR) is 86.8 cm³/mol. The Bertz CT molecular complexity index is 605.